The van der Waals surface area contributed by atoms with E-state index in [-0.39, 0.29) is 5.78 Å². The van der Waals surface area contributed by atoms with Gasteiger partial charge < -0.3 is 14.8 Å². The van der Waals surface area contributed by atoms with Crippen LogP contribution in [-0.4, -0.2) is 26.5 Å². The van der Waals surface area contributed by atoms with Crippen LogP contribution in [0.4, 0.5) is 0 Å². The van der Waals surface area contributed by atoms with Crippen molar-refractivity contribution in [3.8, 4) is 11.5 Å². The summed E-state index contributed by atoms with van der Waals surface area (Å²) in [6, 6.07) is 2.31. The zero-order chi connectivity index (χ0) is 12.7. The predicted molar refractivity (Wildman–Crippen MR) is 67.6 cm³/mol. The lowest BCUT2D eigenvalue weighted by Gasteiger charge is -2.33. The van der Waals surface area contributed by atoms with Crippen LogP contribution in [-0.2, 0) is 6.42 Å². The van der Waals surface area contributed by atoms with Gasteiger partial charge in [-0.05, 0) is 36.6 Å². The quantitative estimate of drug-likeness (QED) is 0.866. The minimum absolute atomic E-state index is 0.168. The van der Waals surface area contributed by atoms with Gasteiger partial charge in [-0.15, -0.1) is 0 Å². The Morgan fingerprint density at radius 2 is 2.11 bits per heavy atom. The first kappa shape index (κ1) is 11.5. The Labute approximate surface area is 106 Å². The number of hydrogen-bond donors (Lipinski definition) is 1. The molecule has 2 aliphatic rings. The van der Waals surface area contributed by atoms with Gasteiger partial charge in [-0.2, -0.15) is 0 Å². The van der Waals surface area contributed by atoms with Crippen LogP contribution in [0.15, 0.2) is 6.07 Å². The van der Waals surface area contributed by atoms with Crippen molar-refractivity contribution in [3.63, 3.8) is 0 Å². The van der Waals surface area contributed by atoms with Crippen LogP contribution in [0.3, 0.4) is 0 Å². The molecule has 1 unspecified atom stereocenters. The molecule has 1 aromatic carbocycles. The van der Waals surface area contributed by atoms with Crippen molar-refractivity contribution in [3.05, 3.63) is 22.8 Å². The Morgan fingerprint density at radius 1 is 1.28 bits per heavy atom. The van der Waals surface area contributed by atoms with Gasteiger partial charge in [-0.3, -0.25) is 4.79 Å². The predicted octanol–water partition coefficient (Wildman–Crippen LogP) is 1.87. The van der Waals surface area contributed by atoms with Crippen molar-refractivity contribution in [1.82, 2.24) is 5.32 Å². The summed E-state index contributed by atoms with van der Waals surface area (Å²) in [5.74, 6) is 1.43. The van der Waals surface area contributed by atoms with Crippen molar-refractivity contribution in [2.24, 2.45) is 0 Å². The van der Waals surface area contributed by atoms with E-state index < -0.39 is 0 Å². The molecule has 1 N–H and O–H groups in total. The zero-order valence-electron chi connectivity index (χ0n) is 10.7. The number of benzene rings is 1. The number of Topliss-reactive ketones (excluding diaryl/α,β-unsaturated/α-hetero) is 1. The lowest BCUT2D eigenvalue weighted by atomic mass is 9.80. The molecule has 1 aliphatic heterocycles. The summed E-state index contributed by atoms with van der Waals surface area (Å²) in [6.45, 7) is 0.959. The molecule has 0 saturated heterocycles. The van der Waals surface area contributed by atoms with E-state index in [0.717, 1.165) is 30.5 Å². The highest BCUT2D eigenvalue weighted by molar-refractivity contribution is 6.02. The van der Waals surface area contributed by atoms with Crippen LogP contribution in [0.2, 0.25) is 0 Å². The zero-order valence-corrected chi connectivity index (χ0v) is 10.7. The molecule has 0 saturated carbocycles. The monoisotopic (exact) mass is 247 g/mol. The Balaban J connectivity index is 2.29. The molecular formula is C14H17NO3. The van der Waals surface area contributed by atoms with Crippen LogP contribution >= 0.6 is 0 Å². The Hall–Kier alpha value is -1.55. The Kier molecular flexibility index (Phi) is 2.74. The average Bonchev–Trinajstić information content (AvgIpc) is 2.41. The van der Waals surface area contributed by atoms with Crippen molar-refractivity contribution < 1.29 is 14.3 Å². The Bertz CT molecular complexity index is 510. The van der Waals surface area contributed by atoms with Crippen molar-refractivity contribution in [2.75, 3.05) is 20.8 Å². The summed E-state index contributed by atoms with van der Waals surface area (Å²) < 4.78 is 10.8. The summed E-state index contributed by atoms with van der Waals surface area (Å²) >= 11 is 0. The molecule has 96 valence electrons. The molecule has 3 rings (SSSR count). The topological polar surface area (TPSA) is 47.6 Å². The van der Waals surface area contributed by atoms with Crippen LogP contribution in [0.5, 0.6) is 11.5 Å². The third-order valence-electron chi connectivity index (χ3n) is 3.87. The second kappa shape index (κ2) is 4.28. The third kappa shape index (κ3) is 1.52. The SMILES string of the molecule is COc1cc2c3c(c1OC)C(=O)CCC3NCC2. The first-order valence-electron chi connectivity index (χ1n) is 6.30. The van der Waals surface area contributed by atoms with Gasteiger partial charge in [-0.1, -0.05) is 0 Å². The highest BCUT2D eigenvalue weighted by Crippen LogP contribution is 2.44. The van der Waals surface area contributed by atoms with Gasteiger partial charge in [0.1, 0.15) is 0 Å². The summed E-state index contributed by atoms with van der Waals surface area (Å²) in [5, 5.41) is 3.48. The number of carbonyl (C=O) groups is 1. The molecule has 4 heteroatoms. The molecule has 1 aliphatic carbocycles. The normalized spacial score (nSPS) is 21.4. The highest BCUT2D eigenvalue weighted by Gasteiger charge is 2.34. The highest BCUT2D eigenvalue weighted by atomic mass is 16.5. The van der Waals surface area contributed by atoms with E-state index in [1.165, 1.54) is 5.56 Å². The summed E-state index contributed by atoms with van der Waals surface area (Å²) in [6.07, 6.45) is 2.40. The molecule has 0 aromatic heterocycles. The van der Waals surface area contributed by atoms with Gasteiger partial charge in [0.05, 0.1) is 19.8 Å². The molecule has 18 heavy (non-hydrogen) atoms. The number of carbonyl (C=O) groups excluding carboxylic acids is 1. The van der Waals surface area contributed by atoms with Crippen LogP contribution in [0, 0.1) is 0 Å². The molecule has 1 aromatic rings. The summed E-state index contributed by atoms with van der Waals surface area (Å²) in [7, 11) is 3.21. The molecule has 1 atom stereocenters. The molecule has 0 fully saturated rings. The second-order valence-corrected chi connectivity index (χ2v) is 4.78. The first-order valence-corrected chi connectivity index (χ1v) is 6.30. The number of rotatable bonds is 2. The van der Waals surface area contributed by atoms with Crippen molar-refractivity contribution in [1.29, 1.82) is 0 Å². The minimum Gasteiger partial charge on any atom is -0.493 e. The molecule has 0 spiro atoms. The molecule has 0 amide bonds. The van der Waals surface area contributed by atoms with E-state index >= 15 is 0 Å². The van der Waals surface area contributed by atoms with Crippen molar-refractivity contribution in [2.45, 2.75) is 25.3 Å². The van der Waals surface area contributed by atoms with Gasteiger partial charge in [-0.25, -0.2) is 0 Å². The maximum atomic E-state index is 12.2. The minimum atomic E-state index is 0.168. The maximum Gasteiger partial charge on any atom is 0.171 e. The smallest absolute Gasteiger partial charge is 0.171 e. The second-order valence-electron chi connectivity index (χ2n) is 4.78. The fourth-order valence-electron chi connectivity index (χ4n) is 3.07. The van der Waals surface area contributed by atoms with Gasteiger partial charge in [0, 0.05) is 12.5 Å². The van der Waals surface area contributed by atoms with E-state index in [2.05, 4.69) is 5.32 Å². The van der Waals surface area contributed by atoms with Gasteiger partial charge >= 0.3 is 0 Å². The third-order valence-corrected chi connectivity index (χ3v) is 3.87. The van der Waals surface area contributed by atoms with Gasteiger partial charge in [0.25, 0.3) is 0 Å². The molecular weight excluding hydrogens is 230 g/mol. The fraction of sp³-hybridized carbons (Fsp3) is 0.500. The molecule has 4 nitrogen and oxygen atoms in total. The fourth-order valence-corrected chi connectivity index (χ4v) is 3.07. The lowest BCUT2D eigenvalue weighted by molar-refractivity contribution is 0.0958. The van der Waals surface area contributed by atoms with E-state index in [9.17, 15) is 4.79 Å². The number of hydrogen-bond acceptors (Lipinski definition) is 4. The summed E-state index contributed by atoms with van der Waals surface area (Å²) in [5.41, 5.74) is 3.09. The lowest BCUT2D eigenvalue weighted by Crippen LogP contribution is -2.34. The van der Waals surface area contributed by atoms with E-state index in [1.54, 1.807) is 14.2 Å². The number of ether oxygens (including phenoxy) is 2. The number of ketones is 1. The van der Waals surface area contributed by atoms with E-state index in [0.29, 0.717) is 24.0 Å². The van der Waals surface area contributed by atoms with Crippen molar-refractivity contribution >= 4 is 5.78 Å². The standard InChI is InChI=1S/C14H17NO3/c1-17-11-7-8-5-6-15-9-3-4-10(16)13(12(8)9)14(11)18-2/h7,9,15H,3-6H2,1-2H3. The van der Waals surface area contributed by atoms with E-state index in [4.69, 9.17) is 9.47 Å². The first-order chi connectivity index (χ1) is 8.76. The van der Waals surface area contributed by atoms with Crippen LogP contribution in [0.1, 0.15) is 40.4 Å². The summed E-state index contributed by atoms with van der Waals surface area (Å²) in [4.78, 5) is 12.2. The average molecular weight is 247 g/mol. The molecule has 0 bridgehead atoms. The molecule has 1 heterocycles. The largest absolute Gasteiger partial charge is 0.493 e. The van der Waals surface area contributed by atoms with Gasteiger partial charge in [0.15, 0.2) is 17.3 Å². The van der Waals surface area contributed by atoms with E-state index in [1.807, 2.05) is 6.07 Å². The number of methoxy groups -OCH3 is 2. The Morgan fingerprint density at radius 3 is 2.83 bits per heavy atom. The van der Waals surface area contributed by atoms with Crippen LogP contribution < -0.4 is 14.8 Å². The van der Waals surface area contributed by atoms with Gasteiger partial charge in [0.2, 0.25) is 0 Å². The number of nitrogens with one attached hydrogen (secondary N) is 1. The van der Waals surface area contributed by atoms with Crippen LogP contribution in [0.25, 0.3) is 0 Å². The molecule has 0 radical (unpaired) electrons. The maximum absolute atomic E-state index is 12.2.